The second-order valence-corrected chi connectivity index (χ2v) is 16.4. The second kappa shape index (κ2) is 26.9. The zero-order valence-corrected chi connectivity index (χ0v) is 35.9. The summed E-state index contributed by atoms with van der Waals surface area (Å²) >= 11 is 0. The first-order valence-corrected chi connectivity index (χ1v) is 22.3. The van der Waals surface area contributed by atoms with Gasteiger partial charge >= 0.3 is 29.8 Å². The molecular weight excluding hydrogens is 732 g/mol. The van der Waals surface area contributed by atoms with Crippen LogP contribution in [0.1, 0.15) is 189 Å². The third-order valence-corrected chi connectivity index (χ3v) is 11.4. The Kier molecular flexibility index (Phi) is 22.8. The van der Waals surface area contributed by atoms with E-state index < -0.39 is 12.2 Å². The standard InChI is InChI=1S/C45H74O12/c1-7-37(52-32(3)46)38(53-33(4)47)23-20-16-17-21-25-40(55-35(6)49)42-27-29-44(57-42)43-28-26-41(56-43)39(54-34(5)48)24-19-15-13-11-9-8-10-12-14-18-22-36-30-31(2)51-45(36)50/h30-31,37-44H,7-29H2,1-6H3/t31-,37-,38+,39+,40-,41+,42+,43+,44+/m0/s1. The van der Waals surface area contributed by atoms with Crippen LogP contribution in [-0.4, -0.2) is 84.8 Å². The van der Waals surface area contributed by atoms with Gasteiger partial charge in [-0.05, 0) is 96.5 Å². The van der Waals surface area contributed by atoms with Crippen LogP contribution in [0.5, 0.6) is 0 Å². The van der Waals surface area contributed by atoms with Gasteiger partial charge in [-0.1, -0.05) is 71.1 Å². The Bertz CT molecular complexity index is 1260. The molecule has 2 saturated heterocycles. The average Bonchev–Trinajstić information content (AvgIpc) is 3.90. The van der Waals surface area contributed by atoms with Crippen molar-refractivity contribution in [3.63, 3.8) is 0 Å². The summed E-state index contributed by atoms with van der Waals surface area (Å²) in [7, 11) is 0. The number of hydrogen-bond acceptors (Lipinski definition) is 12. The first kappa shape index (κ1) is 48.4. The largest absolute Gasteiger partial charge is 0.460 e. The smallest absolute Gasteiger partial charge is 0.334 e. The molecule has 12 nitrogen and oxygen atoms in total. The Morgan fingerprint density at radius 3 is 1.39 bits per heavy atom. The summed E-state index contributed by atoms with van der Waals surface area (Å²) in [6.07, 6.45) is 21.6. The van der Waals surface area contributed by atoms with Crippen LogP contribution in [0.2, 0.25) is 0 Å². The monoisotopic (exact) mass is 807 g/mol. The third kappa shape index (κ3) is 19.1. The van der Waals surface area contributed by atoms with E-state index >= 15 is 0 Å². The van der Waals surface area contributed by atoms with Gasteiger partial charge in [-0.25, -0.2) is 4.79 Å². The fraction of sp³-hybridized carbons (Fsp3) is 0.844. The highest BCUT2D eigenvalue weighted by molar-refractivity contribution is 5.90. The molecule has 9 atom stereocenters. The van der Waals surface area contributed by atoms with Gasteiger partial charge in [0.25, 0.3) is 0 Å². The van der Waals surface area contributed by atoms with Crippen LogP contribution in [0.15, 0.2) is 11.6 Å². The molecule has 3 heterocycles. The quantitative estimate of drug-likeness (QED) is 0.0403. The van der Waals surface area contributed by atoms with Gasteiger partial charge in [-0.2, -0.15) is 0 Å². The molecule has 0 spiro atoms. The minimum absolute atomic E-state index is 0.0780. The normalized spacial score (nSPS) is 23.9. The molecule has 57 heavy (non-hydrogen) atoms. The molecule has 326 valence electrons. The van der Waals surface area contributed by atoms with Gasteiger partial charge in [-0.15, -0.1) is 0 Å². The van der Waals surface area contributed by atoms with Crippen LogP contribution >= 0.6 is 0 Å². The second-order valence-electron chi connectivity index (χ2n) is 16.4. The molecule has 0 amide bonds. The van der Waals surface area contributed by atoms with E-state index in [4.69, 9.17) is 33.2 Å². The fourth-order valence-corrected chi connectivity index (χ4v) is 8.64. The summed E-state index contributed by atoms with van der Waals surface area (Å²) in [6, 6.07) is 0. The van der Waals surface area contributed by atoms with Gasteiger partial charge in [0.05, 0.1) is 24.4 Å². The van der Waals surface area contributed by atoms with Crippen molar-refractivity contribution in [2.75, 3.05) is 0 Å². The molecule has 3 rings (SSSR count). The summed E-state index contributed by atoms with van der Waals surface area (Å²) in [5.74, 6) is -1.52. The fourth-order valence-electron chi connectivity index (χ4n) is 8.64. The number of carbonyl (C=O) groups excluding carboxylic acids is 5. The van der Waals surface area contributed by atoms with Gasteiger partial charge in [0, 0.05) is 33.3 Å². The molecule has 0 radical (unpaired) electrons. The van der Waals surface area contributed by atoms with Crippen LogP contribution < -0.4 is 0 Å². The van der Waals surface area contributed by atoms with E-state index in [1.165, 1.54) is 66.2 Å². The molecule has 0 N–H and O–H groups in total. The van der Waals surface area contributed by atoms with E-state index in [0.29, 0.717) is 19.3 Å². The highest BCUT2D eigenvalue weighted by Crippen LogP contribution is 2.36. The SMILES string of the molecule is CC[C@H](OC(C)=O)[C@@H](CCCCCC[C@H](OC(C)=O)[C@H]1CC[C@H]([C@H]2CC[C@H]([C@@H](CCCCCCCCCCCCC3=C[C@H](C)OC3=O)OC(C)=O)O2)O1)OC(C)=O. The van der Waals surface area contributed by atoms with Crippen molar-refractivity contribution < 1.29 is 57.1 Å². The number of rotatable bonds is 29. The molecule has 2 fully saturated rings. The Morgan fingerprint density at radius 1 is 0.579 bits per heavy atom. The molecule has 0 aromatic carbocycles. The van der Waals surface area contributed by atoms with Crippen LogP contribution in [-0.2, 0) is 57.1 Å². The number of carbonyl (C=O) groups is 5. The predicted molar refractivity (Wildman–Crippen MR) is 215 cm³/mol. The zero-order valence-electron chi connectivity index (χ0n) is 35.9. The summed E-state index contributed by atoms with van der Waals surface area (Å²) in [5.41, 5.74) is 0.841. The summed E-state index contributed by atoms with van der Waals surface area (Å²) in [5, 5.41) is 0. The molecule has 0 aromatic rings. The third-order valence-electron chi connectivity index (χ3n) is 11.4. The number of esters is 5. The molecule has 0 aromatic heterocycles. The average molecular weight is 807 g/mol. The maximum absolute atomic E-state index is 12.1. The zero-order chi connectivity index (χ0) is 41.6. The lowest BCUT2D eigenvalue weighted by molar-refractivity contribution is -0.166. The minimum Gasteiger partial charge on any atom is -0.460 e. The van der Waals surface area contributed by atoms with E-state index in [-0.39, 0.29) is 72.6 Å². The minimum atomic E-state index is -0.468. The Labute approximate surface area is 342 Å². The van der Waals surface area contributed by atoms with Crippen molar-refractivity contribution in [1.29, 1.82) is 0 Å². The number of cyclic esters (lactones) is 1. The molecule has 3 aliphatic rings. The number of ether oxygens (including phenoxy) is 7. The lowest BCUT2D eigenvalue weighted by atomic mass is 9.99. The first-order valence-electron chi connectivity index (χ1n) is 22.3. The lowest BCUT2D eigenvalue weighted by Crippen LogP contribution is -2.35. The van der Waals surface area contributed by atoms with Crippen LogP contribution in [0, 0.1) is 0 Å². The Morgan fingerprint density at radius 2 is 0.982 bits per heavy atom. The highest BCUT2D eigenvalue weighted by Gasteiger charge is 2.42. The summed E-state index contributed by atoms with van der Waals surface area (Å²) < 4.78 is 40.6. The lowest BCUT2D eigenvalue weighted by Gasteiger charge is -2.27. The van der Waals surface area contributed by atoms with Crippen LogP contribution in [0.3, 0.4) is 0 Å². The van der Waals surface area contributed by atoms with Gasteiger partial charge in [0.2, 0.25) is 0 Å². The van der Waals surface area contributed by atoms with Crippen LogP contribution in [0.25, 0.3) is 0 Å². The van der Waals surface area contributed by atoms with Gasteiger partial charge in [-0.3, -0.25) is 19.2 Å². The molecule has 3 aliphatic heterocycles. The van der Waals surface area contributed by atoms with Crippen LogP contribution in [0.4, 0.5) is 0 Å². The molecule has 0 bridgehead atoms. The Hall–Kier alpha value is -2.99. The van der Waals surface area contributed by atoms with Crippen molar-refractivity contribution in [2.45, 2.75) is 244 Å². The molecular formula is C45H74O12. The number of hydrogen-bond donors (Lipinski definition) is 0. The highest BCUT2D eigenvalue weighted by atomic mass is 16.6. The van der Waals surface area contributed by atoms with E-state index in [1.54, 1.807) is 0 Å². The van der Waals surface area contributed by atoms with Crippen molar-refractivity contribution in [2.24, 2.45) is 0 Å². The predicted octanol–water partition coefficient (Wildman–Crippen LogP) is 9.11. The van der Waals surface area contributed by atoms with Crippen molar-refractivity contribution in [1.82, 2.24) is 0 Å². The topological polar surface area (TPSA) is 150 Å². The first-order chi connectivity index (χ1) is 27.4. The maximum atomic E-state index is 12.1. The van der Waals surface area contributed by atoms with E-state index in [2.05, 4.69) is 0 Å². The summed E-state index contributed by atoms with van der Waals surface area (Å²) in [4.78, 5) is 59.0. The maximum Gasteiger partial charge on any atom is 0.334 e. The molecule has 12 heteroatoms. The Balaban J connectivity index is 1.31. The number of unbranched alkanes of at least 4 members (excludes halogenated alkanes) is 12. The van der Waals surface area contributed by atoms with Gasteiger partial charge in [0.15, 0.2) is 0 Å². The molecule has 0 aliphatic carbocycles. The van der Waals surface area contributed by atoms with E-state index in [0.717, 1.165) is 95.5 Å². The summed E-state index contributed by atoms with van der Waals surface area (Å²) in [6.45, 7) is 9.43. The van der Waals surface area contributed by atoms with E-state index in [1.807, 2.05) is 19.9 Å². The van der Waals surface area contributed by atoms with E-state index in [9.17, 15) is 24.0 Å². The van der Waals surface area contributed by atoms with Gasteiger partial charge < -0.3 is 33.2 Å². The van der Waals surface area contributed by atoms with Gasteiger partial charge in [0.1, 0.15) is 30.5 Å². The van der Waals surface area contributed by atoms with Crippen molar-refractivity contribution in [3.8, 4) is 0 Å². The van der Waals surface area contributed by atoms with Crippen molar-refractivity contribution >= 4 is 29.8 Å². The molecule has 0 unspecified atom stereocenters. The molecule has 0 saturated carbocycles. The van der Waals surface area contributed by atoms with Crippen molar-refractivity contribution in [3.05, 3.63) is 11.6 Å².